The molecular formula is C30H47NO3. The number of hydrogen-bond donors (Lipinski definition) is 1. The second-order valence-corrected chi connectivity index (χ2v) is 14.6. The SMILES string of the molecule is C=C(C)[C@@H]1CC[C@]2(C(=O)O)CC[C@]3(C)C(CCC4[C@@]5(C)CCC(N=O)C(C)(C)C5CC[C@]43C)C12. The van der Waals surface area contributed by atoms with Crippen LogP contribution in [-0.4, -0.2) is 17.1 Å². The second-order valence-electron chi connectivity index (χ2n) is 14.6. The van der Waals surface area contributed by atoms with E-state index in [0.717, 1.165) is 44.9 Å². The molecule has 0 amide bonds. The summed E-state index contributed by atoms with van der Waals surface area (Å²) in [4.78, 5) is 24.5. The number of carboxylic acids is 1. The van der Waals surface area contributed by atoms with Gasteiger partial charge in [-0.05, 0) is 122 Å². The van der Waals surface area contributed by atoms with Crippen molar-refractivity contribution in [1.82, 2.24) is 0 Å². The zero-order chi connectivity index (χ0) is 24.9. The maximum atomic E-state index is 12.8. The number of rotatable bonds is 3. The standard InChI is InChI=1S/C30H47NO3/c1-18(2)19-10-15-30(25(32)33)17-16-28(6)20(24(19)30)8-9-22-27(5)13-12-23(31-34)26(3,4)21(27)11-14-29(22,28)7/h19-24H,1,8-17H2,2-7H3,(H,32,33)/t19-,20?,21?,22?,23?,24?,27-,28+,29+,30-/m0/s1. The molecule has 0 radical (unpaired) electrons. The van der Waals surface area contributed by atoms with Crippen molar-refractivity contribution in [2.75, 3.05) is 0 Å². The first-order valence-corrected chi connectivity index (χ1v) is 14.0. The van der Waals surface area contributed by atoms with Gasteiger partial charge in [-0.1, -0.05) is 51.9 Å². The predicted octanol–water partition coefficient (Wildman–Crippen LogP) is 7.86. The van der Waals surface area contributed by atoms with Crippen molar-refractivity contribution in [3.8, 4) is 0 Å². The van der Waals surface area contributed by atoms with Crippen molar-refractivity contribution >= 4 is 5.97 Å². The van der Waals surface area contributed by atoms with E-state index in [-0.39, 0.29) is 33.6 Å². The Bertz CT molecular complexity index is 911. The number of nitrogens with zero attached hydrogens (tertiary/aromatic N) is 1. The summed E-state index contributed by atoms with van der Waals surface area (Å²) in [6.45, 7) is 18.8. The van der Waals surface area contributed by atoms with Gasteiger partial charge >= 0.3 is 5.97 Å². The third kappa shape index (κ3) is 2.75. The molecule has 0 aromatic heterocycles. The summed E-state index contributed by atoms with van der Waals surface area (Å²) in [7, 11) is 0. The van der Waals surface area contributed by atoms with Gasteiger partial charge in [0.25, 0.3) is 0 Å². The van der Waals surface area contributed by atoms with Crippen LogP contribution in [0.4, 0.5) is 0 Å². The van der Waals surface area contributed by atoms with Crippen LogP contribution in [0, 0.1) is 61.6 Å². The van der Waals surface area contributed by atoms with Crippen LogP contribution in [0.15, 0.2) is 17.3 Å². The van der Waals surface area contributed by atoms with Gasteiger partial charge in [0.1, 0.15) is 0 Å². The van der Waals surface area contributed by atoms with Crippen molar-refractivity contribution in [2.24, 2.45) is 61.8 Å². The van der Waals surface area contributed by atoms with Crippen LogP contribution < -0.4 is 0 Å². The minimum Gasteiger partial charge on any atom is -0.481 e. The molecule has 0 aromatic carbocycles. The normalized spacial score (nSPS) is 53.6. The Morgan fingerprint density at radius 3 is 2.18 bits per heavy atom. The lowest BCUT2D eigenvalue weighted by molar-refractivity contribution is -0.239. The maximum absolute atomic E-state index is 12.8. The average Bonchev–Trinajstić information content (AvgIpc) is 3.15. The average molecular weight is 470 g/mol. The molecule has 0 bridgehead atoms. The van der Waals surface area contributed by atoms with E-state index in [2.05, 4.69) is 53.3 Å². The van der Waals surface area contributed by atoms with Gasteiger partial charge in [-0.2, -0.15) is 4.91 Å². The minimum absolute atomic E-state index is 0.0463. The van der Waals surface area contributed by atoms with Crippen LogP contribution >= 0.6 is 0 Å². The van der Waals surface area contributed by atoms with Gasteiger partial charge in [-0.3, -0.25) is 4.79 Å². The number of aliphatic carboxylic acids is 1. The van der Waals surface area contributed by atoms with Crippen molar-refractivity contribution in [1.29, 1.82) is 0 Å². The Hall–Kier alpha value is -1.19. The number of carbonyl (C=O) groups is 1. The molecule has 4 nitrogen and oxygen atoms in total. The maximum Gasteiger partial charge on any atom is 0.309 e. The first kappa shape index (κ1) is 24.5. The largest absolute Gasteiger partial charge is 0.481 e. The molecule has 5 aliphatic carbocycles. The lowest BCUT2D eigenvalue weighted by Gasteiger charge is -2.72. The van der Waals surface area contributed by atoms with Crippen LogP contribution in [-0.2, 0) is 4.79 Å². The summed E-state index contributed by atoms with van der Waals surface area (Å²) < 4.78 is 0. The monoisotopic (exact) mass is 469 g/mol. The van der Waals surface area contributed by atoms with Gasteiger partial charge in [0, 0.05) is 0 Å². The molecule has 10 atom stereocenters. The highest BCUT2D eigenvalue weighted by molar-refractivity contribution is 5.76. The van der Waals surface area contributed by atoms with Crippen molar-refractivity contribution in [2.45, 2.75) is 112 Å². The number of carboxylic acid groups (broad SMARTS) is 1. The molecule has 0 heterocycles. The van der Waals surface area contributed by atoms with Crippen LogP contribution in [0.5, 0.6) is 0 Å². The van der Waals surface area contributed by atoms with Gasteiger partial charge in [-0.15, -0.1) is 0 Å². The van der Waals surface area contributed by atoms with Gasteiger partial charge in [0.05, 0.1) is 11.5 Å². The first-order chi connectivity index (χ1) is 15.8. The molecule has 5 unspecified atom stereocenters. The third-order valence-corrected chi connectivity index (χ3v) is 13.6. The molecule has 5 aliphatic rings. The number of fused-ring (bicyclic) bond motifs is 7. The quantitative estimate of drug-likeness (QED) is 0.338. The lowest BCUT2D eigenvalue weighted by Crippen LogP contribution is -2.67. The molecule has 34 heavy (non-hydrogen) atoms. The van der Waals surface area contributed by atoms with Crippen LogP contribution in [0.3, 0.4) is 0 Å². The molecule has 5 saturated carbocycles. The fraction of sp³-hybridized carbons (Fsp3) is 0.900. The molecule has 4 heteroatoms. The Morgan fingerprint density at radius 2 is 1.56 bits per heavy atom. The van der Waals surface area contributed by atoms with E-state index in [0.29, 0.717) is 23.7 Å². The van der Waals surface area contributed by atoms with E-state index in [4.69, 9.17) is 0 Å². The summed E-state index contributed by atoms with van der Waals surface area (Å²) in [5.41, 5.74) is 1.21. The third-order valence-electron chi connectivity index (χ3n) is 13.6. The molecule has 5 rings (SSSR count). The van der Waals surface area contributed by atoms with Crippen LogP contribution in [0.25, 0.3) is 0 Å². The Kier molecular flexibility index (Phi) is 5.34. The van der Waals surface area contributed by atoms with E-state index in [1.807, 2.05) is 0 Å². The van der Waals surface area contributed by atoms with Gasteiger partial charge in [0.2, 0.25) is 0 Å². The molecule has 0 spiro atoms. The summed E-state index contributed by atoms with van der Waals surface area (Å²) in [5.74, 6) is 1.66. The van der Waals surface area contributed by atoms with Crippen molar-refractivity contribution in [3.63, 3.8) is 0 Å². The summed E-state index contributed by atoms with van der Waals surface area (Å²) in [5, 5.41) is 14.1. The lowest BCUT2D eigenvalue weighted by atomic mass is 9.32. The summed E-state index contributed by atoms with van der Waals surface area (Å²) in [6, 6.07) is -0.0671. The fourth-order valence-electron chi connectivity index (χ4n) is 11.7. The Balaban J connectivity index is 1.56. The highest BCUT2D eigenvalue weighted by Crippen LogP contribution is 2.77. The molecular weight excluding hydrogens is 422 g/mol. The van der Waals surface area contributed by atoms with Crippen molar-refractivity contribution in [3.05, 3.63) is 17.1 Å². The van der Waals surface area contributed by atoms with Gasteiger partial charge < -0.3 is 5.11 Å². The van der Waals surface area contributed by atoms with E-state index in [1.54, 1.807) is 0 Å². The molecule has 0 aromatic rings. The van der Waals surface area contributed by atoms with Crippen molar-refractivity contribution < 1.29 is 9.90 Å². The molecule has 0 saturated heterocycles. The topological polar surface area (TPSA) is 66.7 Å². The van der Waals surface area contributed by atoms with Crippen LogP contribution in [0.2, 0.25) is 0 Å². The first-order valence-electron chi connectivity index (χ1n) is 14.0. The highest BCUT2D eigenvalue weighted by Gasteiger charge is 2.72. The number of nitroso groups, excluding NO2 is 1. The highest BCUT2D eigenvalue weighted by atomic mass is 16.4. The van der Waals surface area contributed by atoms with Gasteiger partial charge in [0.15, 0.2) is 0 Å². The van der Waals surface area contributed by atoms with E-state index >= 15 is 0 Å². The molecule has 1 N–H and O–H groups in total. The van der Waals surface area contributed by atoms with E-state index in [1.165, 1.54) is 24.8 Å². The Labute approximate surface area is 206 Å². The summed E-state index contributed by atoms with van der Waals surface area (Å²) in [6.07, 6.45) is 10.4. The minimum atomic E-state index is -0.548. The Morgan fingerprint density at radius 1 is 0.853 bits per heavy atom. The molecule has 5 fully saturated rings. The number of allylic oxidation sites excluding steroid dienone is 1. The van der Waals surface area contributed by atoms with Crippen LogP contribution in [0.1, 0.15) is 106 Å². The fourth-order valence-corrected chi connectivity index (χ4v) is 11.7. The summed E-state index contributed by atoms with van der Waals surface area (Å²) >= 11 is 0. The smallest absolute Gasteiger partial charge is 0.309 e. The second kappa shape index (κ2) is 7.42. The molecule has 0 aliphatic heterocycles. The predicted molar refractivity (Wildman–Crippen MR) is 136 cm³/mol. The van der Waals surface area contributed by atoms with E-state index in [9.17, 15) is 14.8 Å². The van der Waals surface area contributed by atoms with Gasteiger partial charge in [-0.25, -0.2) is 0 Å². The zero-order valence-corrected chi connectivity index (χ0v) is 22.5. The van der Waals surface area contributed by atoms with E-state index < -0.39 is 11.4 Å². The molecule has 190 valence electrons. The number of hydrogen-bond acceptors (Lipinski definition) is 3. The zero-order valence-electron chi connectivity index (χ0n) is 22.5.